The Bertz CT molecular complexity index is 328. The molecule has 0 saturated carbocycles. The van der Waals surface area contributed by atoms with E-state index in [0.29, 0.717) is 6.04 Å². The van der Waals surface area contributed by atoms with Gasteiger partial charge in [-0.2, -0.15) is 11.8 Å². The Balaban J connectivity index is 2.54. The number of hydrogen-bond donors (Lipinski definition) is 1. The summed E-state index contributed by atoms with van der Waals surface area (Å²) in [6, 6.07) is 0.586. The van der Waals surface area contributed by atoms with E-state index in [1.807, 2.05) is 11.8 Å². The molecule has 1 atom stereocenters. The standard InChI is InChI=1S/C13H25N3S2/c1-5-7-14-8-11-9-18-13(15-11)16(3)12(6-2)10-17-4/h9,12,14H,5-8,10H2,1-4H3. The molecule has 0 radical (unpaired) electrons. The lowest BCUT2D eigenvalue weighted by molar-refractivity contribution is 0.656. The summed E-state index contributed by atoms with van der Waals surface area (Å²) in [6.07, 6.45) is 4.50. The fraction of sp³-hybridized carbons (Fsp3) is 0.769. The van der Waals surface area contributed by atoms with Gasteiger partial charge in [0.15, 0.2) is 5.13 Å². The van der Waals surface area contributed by atoms with E-state index in [4.69, 9.17) is 4.98 Å². The second-order valence-corrected chi connectivity index (χ2v) is 6.17. The first-order chi connectivity index (χ1) is 8.72. The maximum absolute atomic E-state index is 4.71. The zero-order chi connectivity index (χ0) is 13.4. The Labute approximate surface area is 119 Å². The number of anilines is 1. The van der Waals surface area contributed by atoms with Crippen LogP contribution in [0.5, 0.6) is 0 Å². The number of nitrogens with one attached hydrogen (secondary N) is 1. The summed E-state index contributed by atoms with van der Waals surface area (Å²) < 4.78 is 0. The second kappa shape index (κ2) is 8.77. The third-order valence-electron chi connectivity index (χ3n) is 2.95. The summed E-state index contributed by atoms with van der Waals surface area (Å²) in [5.74, 6) is 1.16. The van der Waals surface area contributed by atoms with Crippen LogP contribution >= 0.6 is 23.1 Å². The molecule has 0 aliphatic heterocycles. The van der Waals surface area contributed by atoms with Crippen molar-refractivity contribution in [3.63, 3.8) is 0 Å². The number of thioether (sulfide) groups is 1. The normalized spacial score (nSPS) is 12.7. The molecule has 0 bridgehead atoms. The number of rotatable bonds is 9. The van der Waals surface area contributed by atoms with Gasteiger partial charge in [0, 0.05) is 30.8 Å². The zero-order valence-electron chi connectivity index (χ0n) is 11.9. The quantitative estimate of drug-likeness (QED) is 0.706. The molecule has 1 N–H and O–H groups in total. The van der Waals surface area contributed by atoms with Crippen LogP contribution in [-0.2, 0) is 6.54 Å². The molecule has 1 rings (SSSR count). The predicted molar refractivity (Wildman–Crippen MR) is 85.0 cm³/mol. The average molecular weight is 287 g/mol. The molecule has 0 amide bonds. The molecule has 0 aliphatic carbocycles. The van der Waals surface area contributed by atoms with Crippen LogP contribution in [0.15, 0.2) is 5.38 Å². The molecular formula is C13H25N3S2. The SMILES string of the molecule is CCCNCc1csc(N(C)C(CC)CSC)n1. The van der Waals surface area contributed by atoms with Gasteiger partial charge in [0.2, 0.25) is 0 Å². The van der Waals surface area contributed by atoms with Gasteiger partial charge in [-0.15, -0.1) is 11.3 Å². The van der Waals surface area contributed by atoms with E-state index in [-0.39, 0.29) is 0 Å². The topological polar surface area (TPSA) is 28.2 Å². The van der Waals surface area contributed by atoms with Crippen LogP contribution in [0.1, 0.15) is 32.4 Å². The van der Waals surface area contributed by atoms with Crippen LogP contribution < -0.4 is 10.2 Å². The van der Waals surface area contributed by atoms with Crippen molar-refractivity contribution in [3.8, 4) is 0 Å². The fourth-order valence-electron chi connectivity index (χ4n) is 1.78. The number of hydrogen-bond acceptors (Lipinski definition) is 5. The third kappa shape index (κ3) is 4.78. The molecule has 0 saturated heterocycles. The minimum atomic E-state index is 0.586. The summed E-state index contributed by atoms with van der Waals surface area (Å²) >= 11 is 3.65. The zero-order valence-corrected chi connectivity index (χ0v) is 13.5. The monoisotopic (exact) mass is 287 g/mol. The highest BCUT2D eigenvalue weighted by Crippen LogP contribution is 2.23. The lowest BCUT2D eigenvalue weighted by Gasteiger charge is -2.26. The minimum absolute atomic E-state index is 0.586. The van der Waals surface area contributed by atoms with Gasteiger partial charge in [0.1, 0.15) is 0 Å². The molecule has 1 aromatic heterocycles. The number of aromatic nitrogens is 1. The van der Waals surface area contributed by atoms with E-state index in [2.05, 4.69) is 42.7 Å². The van der Waals surface area contributed by atoms with E-state index >= 15 is 0 Å². The van der Waals surface area contributed by atoms with Crippen molar-refractivity contribution in [2.45, 2.75) is 39.3 Å². The molecule has 0 spiro atoms. The molecule has 5 heteroatoms. The maximum atomic E-state index is 4.71. The molecule has 0 fully saturated rings. The van der Waals surface area contributed by atoms with Crippen LogP contribution in [0, 0.1) is 0 Å². The fourth-order valence-corrected chi connectivity index (χ4v) is 3.49. The Morgan fingerprint density at radius 2 is 2.28 bits per heavy atom. The van der Waals surface area contributed by atoms with E-state index in [1.165, 1.54) is 12.8 Å². The summed E-state index contributed by atoms with van der Waals surface area (Å²) in [7, 11) is 2.16. The minimum Gasteiger partial charge on any atom is -0.347 e. The molecular weight excluding hydrogens is 262 g/mol. The van der Waals surface area contributed by atoms with Crippen molar-refractivity contribution < 1.29 is 0 Å². The molecule has 1 unspecified atom stereocenters. The van der Waals surface area contributed by atoms with E-state index in [0.717, 1.165) is 29.7 Å². The van der Waals surface area contributed by atoms with Crippen LogP contribution in [-0.4, -0.2) is 36.6 Å². The Hall–Kier alpha value is -0.260. The lowest BCUT2D eigenvalue weighted by atomic mass is 10.2. The van der Waals surface area contributed by atoms with Gasteiger partial charge >= 0.3 is 0 Å². The van der Waals surface area contributed by atoms with Crippen LogP contribution in [0.2, 0.25) is 0 Å². The van der Waals surface area contributed by atoms with E-state index < -0.39 is 0 Å². The van der Waals surface area contributed by atoms with Gasteiger partial charge < -0.3 is 10.2 Å². The Morgan fingerprint density at radius 3 is 2.89 bits per heavy atom. The van der Waals surface area contributed by atoms with Crippen molar-refractivity contribution in [1.82, 2.24) is 10.3 Å². The van der Waals surface area contributed by atoms with Crippen molar-refractivity contribution in [3.05, 3.63) is 11.1 Å². The van der Waals surface area contributed by atoms with Gasteiger partial charge in [0.05, 0.1) is 5.69 Å². The van der Waals surface area contributed by atoms with Crippen LogP contribution in [0.3, 0.4) is 0 Å². The van der Waals surface area contributed by atoms with Crippen LogP contribution in [0.25, 0.3) is 0 Å². The van der Waals surface area contributed by atoms with Crippen molar-refractivity contribution in [2.24, 2.45) is 0 Å². The largest absolute Gasteiger partial charge is 0.347 e. The molecule has 1 aromatic rings. The predicted octanol–water partition coefficient (Wildman–Crippen LogP) is 3.22. The first-order valence-electron chi connectivity index (χ1n) is 6.59. The van der Waals surface area contributed by atoms with Gasteiger partial charge in [-0.3, -0.25) is 0 Å². The summed E-state index contributed by atoms with van der Waals surface area (Å²) in [4.78, 5) is 7.03. The molecule has 104 valence electrons. The molecule has 0 aliphatic rings. The Morgan fingerprint density at radius 1 is 1.50 bits per heavy atom. The second-order valence-electron chi connectivity index (χ2n) is 4.43. The van der Waals surface area contributed by atoms with Gasteiger partial charge in [-0.05, 0) is 25.6 Å². The van der Waals surface area contributed by atoms with Crippen LogP contribution in [0.4, 0.5) is 5.13 Å². The van der Waals surface area contributed by atoms with E-state index in [9.17, 15) is 0 Å². The number of nitrogens with zero attached hydrogens (tertiary/aromatic N) is 2. The van der Waals surface area contributed by atoms with Crippen molar-refractivity contribution >= 4 is 28.2 Å². The maximum Gasteiger partial charge on any atom is 0.185 e. The molecule has 18 heavy (non-hydrogen) atoms. The smallest absolute Gasteiger partial charge is 0.185 e. The van der Waals surface area contributed by atoms with Gasteiger partial charge in [0.25, 0.3) is 0 Å². The van der Waals surface area contributed by atoms with Crippen molar-refractivity contribution in [1.29, 1.82) is 0 Å². The summed E-state index contributed by atoms with van der Waals surface area (Å²) in [5.41, 5.74) is 1.16. The van der Waals surface area contributed by atoms with Gasteiger partial charge in [-0.25, -0.2) is 4.98 Å². The molecule has 1 heterocycles. The lowest BCUT2D eigenvalue weighted by Crippen LogP contribution is -2.33. The first kappa shape index (κ1) is 15.8. The molecule has 0 aromatic carbocycles. The van der Waals surface area contributed by atoms with Crippen molar-refractivity contribution in [2.75, 3.05) is 30.5 Å². The summed E-state index contributed by atoms with van der Waals surface area (Å²) in [6.45, 7) is 6.38. The Kier molecular flexibility index (Phi) is 7.70. The first-order valence-corrected chi connectivity index (χ1v) is 8.87. The third-order valence-corrected chi connectivity index (χ3v) is 4.65. The summed E-state index contributed by atoms with van der Waals surface area (Å²) in [5, 5.41) is 6.70. The van der Waals surface area contributed by atoms with E-state index in [1.54, 1.807) is 11.3 Å². The van der Waals surface area contributed by atoms with Gasteiger partial charge in [-0.1, -0.05) is 13.8 Å². The number of thiazole rings is 1. The average Bonchev–Trinajstić information content (AvgIpc) is 2.84. The highest BCUT2D eigenvalue weighted by Gasteiger charge is 2.15. The highest BCUT2D eigenvalue weighted by atomic mass is 32.2. The highest BCUT2D eigenvalue weighted by molar-refractivity contribution is 7.98. The molecule has 3 nitrogen and oxygen atoms in total.